The molecule has 2 aromatic carbocycles. The molecule has 0 aliphatic heterocycles. The van der Waals surface area contributed by atoms with Gasteiger partial charge in [-0.15, -0.1) is 0 Å². The van der Waals surface area contributed by atoms with Crippen LogP contribution in [0.15, 0.2) is 81.9 Å². The number of aromatic nitrogens is 2. The Kier molecular flexibility index (Phi) is 7.63. The maximum Gasteiger partial charge on any atom is 0.270 e. The number of aliphatic hydroxyl groups is 1. The molecule has 0 fully saturated rings. The number of hydrogen-bond donors (Lipinski definition) is 1. The Morgan fingerprint density at radius 3 is 2.74 bits per heavy atom. The number of ether oxygens (including phenoxy) is 1. The van der Waals surface area contributed by atoms with Crippen molar-refractivity contribution in [2.45, 2.75) is 19.1 Å². The average molecular weight is 464 g/mol. The number of furan rings is 1. The number of nitro benzene ring substituents is 1. The molecule has 10 nitrogen and oxygen atoms in total. The van der Waals surface area contributed by atoms with Crippen LogP contribution >= 0.6 is 0 Å². The van der Waals surface area contributed by atoms with Crippen LogP contribution in [-0.2, 0) is 13.0 Å². The third kappa shape index (κ3) is 6.50. The smallest absolute Gasteiger partial charge is 0.270 e. The van der Waals surface area contributed by atoms with Gasteiger partial charge in [-0.1, -0.05) is 35.5 Å². The number of nitrogens with zero attached hydrogens (tertiary/aromatic N) is 4. The fourth-order valence-corrected chi connectivity index (χ4v) is 3.40. The third-order valence-electron chi connectivity index (χ3n) is 5.04. The van der Waals surface area contributed by atoms with Gasteiger partial charge < -0.3 is 18.8 Å². The monoisotopic (exact) mass is 464 g/mol. The number of non-ortho nitro benzene ring substituents is 1. The van der Waals surface area contributed by atoms with E-state index < -0.39 is 11.0 Å². The molecule has 0 bridgehead atoms. The summed E-state index contributed by atoms with van der Waals surface area (Å²) in [6, 6.07) is 19.1. The molecule has 0 amide bonds. The van der Waals surface area contributed by atoms with E-state index in [0.29, 0.717) is 43.3 Å². The van der Waals surface area contributed by atoms with E-state index in [2.05, 4.69) is 10.1 Å². The van der Waals surface area contributed by atoms with Crippen molar-refractivity contribution in [3.63, 3.8) is 0 Å². The predicted octanol–water partition coefficient (Wildman–Crippen LogP) is 3.72. The highest BCUT2D eigenvalue weighted by atomic mass is 16.6. The van der Waals surface area contributed by atoms with Crippen LogP contribution in [-0.4, -0.2) is 50.9 Å². The van der Waals surface area contributed by atoms with Gasteiger partial charge in [-0.3, -0.25) is 15.0 Å². The standard InChI is InChI=1S/C24H24N4O6/c29-20(17-33-21-8-2-1-3-9-21)15-27(16-22-10-5-13-32-22)12-11-23-25-24(26-34-23)18-6-4-7-19(14-18)28(30)31/h1-10,13-14,20,29H,11-12,15-17H2. The van der Waals surface area contributed by atoms with Crippen LogP contribution in [0.1, 0.15) is 11.7 Å². The van der Waals surface area contributed by atoms with E-state index in [1.165, 1.54) is 12.1 Å². The first kappa shape index (κ1) is 23.1. The minimum absolute atomic E-state index is 0.0415. The van der Waals surface area contributed by atoms with Gasteiger partial charge in [0.25, 0.3) is 5.69 Å². The molecule has 10 heteroatoms. The van der Waals surface area contributed by atoms with Crippen molar-refractivity contribution in [2.75, 3.05) is 19.7 Å². The molecule has 0 aliphatic rings. The third-order valence-corrected chi connectivity index (χ3v) is 5.04. The van der Waals surface area contributed by atoms with Crippen molar-refractivity contribution in [3.05, 3.63) is 94.8 Å². The first-order valence-corrected chi connectivity index (χ1v) is 10.7. The van der Waals surface area contributed by atoms with Crippen LogP contribution in [0.2, 0.25) is 0 Å². The minimum atomic E-state index is -0.724. The highest BCUT2D eigenvalue weighted by Gasteiger charge is 2.17. The summed E-state index contributed by atoms with van der Waals surface area (Å²) in [5.74, 6) is 2.13. The molecule has 2 heterocycles. The Labute approximate surface area is 195 Å². The first-order valence-electron chi connectivity index (χ1n) is 10.7. The quantitative estimate of drug-likeness (QED) is 0.246. The second kappa shape index (κ2) is 11.2. The van der Waals surface area contributed by atoms with Crippen molar-refractivity contribution in [1.29, 1.82) is 0 Å². The first-order chi connectivity index (χ1) is 16.6. The zero-order chi connectivity index (χ0) is 23.8. The maximum absolute atomic E-state index is 11.0. The summed E-state index contributed by atoms with van der Waals surface area (Å²) < 4.78 is 16.5. The van der Waals surface area contributed by atoms with Gasteiger partial charge in [0, 0.05) is 37.2 Å². The molecular weight excluding hydrogens is 440 g/mol. The molecule has 0 saturated heterocycles. The zero-order valence-electron chi connectivity index (χ0n) is 18.3. The van der Waals surface area contributed by atoms with Gasteiger partial charge in [-0.2, -0.15) is 4.98 Å². The molecule has 1 unspecified atom stereocenters. The fraction of sp³-hybridized carbons (Fsp3) is 0.250. The number of hydrogen-bond acceptors (Lipinski definition) is 9. The van der Waals surface area contributed by atoms with E-state index in [-0.39, 0.29) is 18.1 Å². The summed E-state index contributed by atoms with van der Waals surface area (Å²) in [5, 5.41) is 25.5. The summed E-state index contributed by atoms with van der Waals surface area (Å²) in [6.45, 7) is 1.50. The van der Waals surface area contributed by atoms with Crippen LogP contribution in [0.25, 0.3) is 11.4 Å². The fourth-order valence-electron chi connectivity index (χ4n) is 3.40. The summed E-state index contributed by atoms with van der Waals surface area (Å²) in [7, 11) is 0. The molecular formula is C24H24N4O6. The molecule has 1 atom stereocenters. The Balaban J connectivity index is 1.37. The molecule has 4 rings (SSSR count). The van der Waals surface area contributed by atoms with Crippen molar-refractivity contribution >= 4 is 5.69 Å². The lowest BCUT2D eigenvalue weighted by Gasteiger charge is -2.23. The van der Waals surface area contributed by atoms with E-state index >= 15 is 0 Å². The highest BCUT2D eigenvalue weighted by molar-refractivity contribution is 5.58. The van der Waals surface area contributed by atoms with E-state index in [4.69, 9.17) is 13.7 Å². The number of nitro groups is 1. The van der Waals surface area contributed by atoms with E-state index in [0.717, 1.165) is 5.76 Å². The lowest BCUT2D eigenvalue weighted by Crippen LogP contribution is -2.36. The van der Waals surface area contributed by atoms with Crippen molar-refractivity contribution in [1.82, 2.24) is 15.0 Å². The van der Waals surface area contributed by atoms with Crippen molar-refractivity contribution in [2.24, 2.45) is 0 Å². The van der Waals surface area contributed by atoms with Gasteiger partial charge in [-0.25, -0.2) is 0 Å². The normalized spacial score (nSPS) is 12.1. The van der Waals surface area contributed by atoms with Gasteiger partial charge in [-0.05, 0) is 24.3 Å². The summed E-state index contributed by atoms with van der Waals surface area (Å²) in [6.07, 6.45) is 1.30. The van der Waals surface area contributed by atoms with Crippen LogP contribution in [0.3, 0.4) is 0 Å². The van der Waals surface area contributed by atoms with E-state index in [9.17, 15) is 15.2 Å². The van der Waals surface area contributed by atoms with E-state index in [1.54, 1.807) is 18.4 Å². The average Bonchev–Trinajstić information content (AvgIpc) is 3.54. The number of aliphatic hydroxyl groups excluding tert-OH is 1. The second-order valence-electron chi connectivity index (χ2n) is 7.66. The van der Waals surface area contributed by atoms with Gasteiger partial charge in [0.1, 0.15) is 24.2 Å². The maximum atomic E-state index is 11.0. The molecule has 176 valence electrons. The molecule has 0 aliphatic carbocycles. The van der Waals surface area contributed by atoms with Crippen LogP contribution < -0.4 is 4.74 Å². The molecule has 34 heavy (non-hydrogen) atoms. The molecule has 1 N–H and O–H groups in total. The number of benzene rings is 2. The van der Waals surface area contributed by atoms with Gasteiger partial charge >= 0.3 is 0 Å². The van der Waals surface area contributed by atoms with Crippen molar-refractivity contribution < 1.29 is 23.7 Å². The Morgan fingerprint density at radius 1 is 1.12 bits per heavy atom. The second-order valence-corrected chi connectivity index (χ2v) is 7.66. The minimum Gasteiger partial charge on any atom is -0.491 e. The highest BCUT2D eigenvalue weighted by Crippen LogP contribution is 2.21. The van der Waals surface area contributed by atoms with Crippen LogP contribution in [0, 0.1) is 10.1 Å². The lowest BCUT2D eigenvalue weighted by atomic mass is 10.2. The molecule has 2 aromatic heterocycles. The summed E-state index contributed by atoms with van der Waals surface area (Å²) >= 11 is 0. The van der Waals surface area contributed by atoms with Gasteiger partial charge in [0.2, 0.25) is 11.7 Å². The lowest BCUT2D eigenvalue weighted by molar-refractivity contribution is -0.384. The predicted molar refractivity (Wildman–Crippen MR) is 122 cm³/mol. The van der Waals surface area contributed by atoms with Crippen molar-refractivity contribution in [3.8, 4) is 17.1 Å². The van der Waals surface area contributed by atoms with Gasteiger partial charge in [0.15, 0.2) is 0 Å². The Hall–Kier alpha value is -4.02. The van der Waals surface area contributed by atoms with Crippen LogP contribution in [0.4, 0.5) is 5.69 Å². The van der Waals surface area contributed by atoms with Gasteiger partial charge in [0.05, 0.1) is 17.7 Å². The Bertz CT molecular complexity index is 1180. The summed E-state index contributed by atoms with van der Waals surface area (Å²) in [5.41, 5.74) is 0.463. The molecule has 0 spiro atoms. The molecule has 4 aromatic rings. The molecule has 0 radical (unpaired) electrons. The summed E-state index contributed by atoms with van der Waals surface area (Å²) in [4.78, 5) is 16.9. The van der Waals surface area contributed by atoms with Crippen LogP contribution in [0.5, 0.6) is 5.75 Å². The number of rotatable bonds is 12. The topological polar surface area (TPSA) is 128 Å². The van der Waals surface area contributed by atoms with E-state index in [1.807, 2.05) is 47.4 Å². The zero-order valence-corrected chi connectivity index (χ0v) is 18.3. The molecule has 0 saturated carbocycles. The Morgan fingerprint density at radius 2 is 1.97 bits per heavy atom. The SMILES string of the molecule is O=[N+]([O-])c1cccc(-c2noc(CCN(Cc3ccco3)CC(O)COc3ccccc3)n2)c1. The largest absolute Gasteiger partial charge is 0.491 e. The number of para-hydroxylation sites is 1.